The highest BCUT2D eigenvalue weighted by molar-refractivity contribution is 9.10. The summed E-state index contributed by atoms with van der Waals surface area (Å²) in [6.45, 7) is -2.83. The number of hydrogen-bond donors (Lipinski definition) is 1. The number of carbonyl (C=O) groups is 1. The van der Waals surface area contributed by atoms with Gasteiger partial charge in [-0.2, -0.15) is 8.78 Å². The quantitative estimate of drug-likeness (QED) is 0.788. The third kappa shape index (κ3) is 4.64. The fraction of sp³-hybridized carbons (Fsp3) is 0.188. The Balaban J connectivity index is 2.07. The van der Waals surface area contributed by atoms with Crippen molar-refractivity contribution >= 4 is 21.8 Å². The van der Waals surface area contributed by atoms with Crippen molar-refractivity contribution in [3.8, 4) is 11.5 Å². The Morgan fingerprint density at radius 3 is 2.58 bits per heavy atom. The summed E-state index contributed by atoms with van der Waals surface area (Å²) in [6, 6.07) is 8.07. The van der Waals surface area contributed by atoms with Crippen molar-refractivity contribution in [1.82, 2.24) is 5.32 Å². The summed E-state index contributed by atoms with van der Waals surface area (Å²) >= 11 is 3.12. The first-order valence-electron chi connectivity index (χ1n) is 6.75. The number of amides is 1. The summed E-state index contributed by atoms with van der Waals surface area (Å²) in [5, 5.41) is 2.65. The lowest BCUT2D eigenvalue weighted by atomic mass is 10.1. The Labute approximate surface area is 144 Å². The molecular formula is C16H13BrF3NO3. The number of nitrogens with one attached hydrogen (secondary N) is 1. The molecule has 128 valence electrons. The molecule has 0 aliphatic heterocycles. The first-order chi connectivity index (χ1) is 11.4. The molecule has 0 spiro atoms. The van der Waals surface area contributed by atoms with Crippen molar-refractivity contribution in [2.45, 2.75) is 13.2 Å². The SMILES string of the molecule is COc1cc(CNC(=O)c2ccc(F)cc2Br)ccc1OC(F)F. The number of rotatable bonds is 6. The largest absolute Gasteiger partial charge is 0.493 e. The third-order valence-corrected chi connectivity index (χ3v) is 3.73. The zero-order chi connectivity index (χ0) is 17.7. The molecule has 0 aliphatic rings. The van der Waals surface area contributed by atoms with E-state index in [0.717, 1.165) is 0 Å². The number of halogens is 4. The van der Waals surface area contributed by atoms with E-state index in [1.165, 1.54) is 43.5 Å². The summed E-state index contributed by atoms with van der Waals surface area (Å²) in [6.07, 6.45) is 0. The van der Waals surface area contributed by atoms with Crippen LogP contribution in [0.3, 0.4) is 0 Å². The van der Waals surface area contributed by atoms with Gasteiger partial charge >= 0.3 is 6.61 Å². The number of benzene rings is 2. The minimum Gasteiger partial charge on any atom is -0.493 e. The molecule has 24 heavy (non-hydrogen) atoms. The molecule has 1 N–H and O–H groups in total. The van der Waals surface area contributed by atoms with E-state index in [9.17, 15) is 18.0 Å². The molecule has 0 bridgehead atoms. The number of carbonyl (C=O) groups excluding carboxylic acids is 1. The molecule has 0 aromatic heterocycles. The van der Waals surface area contributed by atoms with Gasteiger partial charge in [0.25, 0.3) is 5.91 Å². The van der Waals surface area contributed by atoms with Gasteiger partial charge in [0.1, 0.15) is 5.82 Å². The van der Waals surface area contributed by atoms with E-state index in [-0.39, 0.29) is 23.6 Å². The van der Waals surface area contributed by atoms with Crippen LogP contribution in [0, 0.1) is 5.82 Å². The first kappa shape index (κ1) is 18.1. The number of alkyl halides is 2. The summed E-state index contributed by atoms with van der Waals surface area (Å²) in [5.74, 6) is -0.833. The van der Waals surface area contributed by atoms with Crippen LogP contribution in [0.4, 0.5) is 13.2 Å². The van der Waals surface area contributed by atoms with Gasteiger partial charge in [-0.05, 0) is 51.8 Å². The van der Waals surface area contributed by atoms with Gasteiger partial charge in [-0.25, -0.2) is 4.39 Å². The van der Waals surface area contributed by atoms with E-state index >= 15 is 0 Å². The van der Waals surface area contributed by atoms with Crippen LogP contribution >= 0.6 is 15.9 Å². The molecule has 4 nitrogen and oxygen atoms in total. The van der Waals surface area contributed by atoms with Gasteiger partial charge < -0.3 is 14.8 Å². The molecule has 0 atom stereocenters. The van der Waals surface area contributed by atoms with E-state index in [2.05, 4.69) is 26.0 Å². The van der Waals surface area contributed by atoms with Crippen molar-refractivity contribution in [2.75, 3.05) is 7.11 Å². The maximum atomic E-state index is 13.0. The lowest BCUT2D eigenvalue weighted by Gasteiger charge is -2.12. The van der Waals surface area contributed by atoms with Crippen LogP contribution in [-0.2, 0) is 6.54 Å². The molecule has 2 rings (SSSR count). The Bertz CT molecular complexity index is 741. The molecule has 8 heteroatoms. The molecule has 0 radical (unpaired) electrons. The normalized spacial score (nSPS) is 10.6. The van der Waals surface area contributed by atoms with E-state index in [1.54, 1.807) is 0 Å². The lowest BCUT2D eigenvalue weighted by Crippen LogP contribution is -2.23. The highest BCUT2D eigenvalue weighted by Crippen LogP contribution is 2.29. The van der Waals surface area contributed by atoms with Gasteiger partial charge in [0, 0.05) is 11.0 Å². The van der Waals surface area contributed by atoms with Crippen molar-refractivity contribution < 1.29 is 27.4 Å². The van der Waals surface area contributed by atoms with Crippen LogP contribution < -0.4 is 14.8 Å². The first-order valence-corrected chi connectivity index (χ1v) is 7.55. The average Bonchev–Trinajstić information content (AvgIpc) is 2.53. The van der Waals surface area contributed by atoms with Crippen LogP contribution in [-0.4, -0.2) is 19.6 Å². The molecule has 0 saturated carbocycles. The van der Waals surface area contributed by atoms with Crippen molar-refractivity contribution in [3.05, 3.63) is 57.8 Å². The highest BCUT2D eigenvalue weighted by Gasteiger charge is 2.13. The molecule has 0 fully saturated rings. The van der Waals surface area contributed by atoms with E-state index < -0.39 is 18.3 Å². The van der Waals surface area contributed by atoms with E-state index in [0.29, 0.717) is 10.0 Å². The van der Waals surface area contributed by atoms with Crippen molar-refractivity contribution in [3.63, 3.8) is 0 Å². The monoisotopic (exact) mass is 403 g/mol. The minimum absolute atomic E-state index is 0.0937. The zero-order valence-corrected chi connectivity index (χ0v) is 14.1. The second kappa shape index (κ2) is 8.05. The Kier molecular flexibility index (Phi) is 6.08. The second-order valence-electron chi connectivity index (χ2n) is 4.67. The standard InChI is InChI=1S/C16H13BrF3NO3/c1-23-14-6-9(2-5-13(14)24-16(19)20)8-21-15(22)11-4-3-10(18)7-12(11)17/h2-7,16H,8H2,1H3,(H,21,22). The Hall–Kier alpha value is -2.22. The molecule has 2 aromatic carbocycles. The van der Waals surface area contributed by atoms with Gasteiger partial charge in [-0.15, -0.1) is 0 Å². The summed E-state index contributed by atoms with van der Waals surface area (Å²) in [7, 11) is 1.33. The van der Waals surface area contributed by atoms with Crippen LogP contribution in [0.15, 0.2) is 40.9 Å². The number of methoxy groups -OCH3 is 1. The summed E-state index contributed by atoms with van der Waals surface area (Å²) in [4.78, 5) is 12.1. The van der Waals surface area contributed by atoms with Gasteiger partial charge in [0.05, 0.1) is 12.7 Å². The maximum absolute atomic E-state index is 13.0. The second-order valence-corrected chi connectivity index (χ2v) is 5.52. The fourth-order valence-corrected chi connectivity index (χ4v) is 2.50. The minimum atomic E-state index is -2.96. The molecule has 0 saturated heterocycles. The smallest absolute Gasteiger partial charge is 0.387 e. The van der Waals surface area contributed by atoms with Gasteiger partial charge in [-0.3, -0.25) is 4.79 Å². The lowest BCUT2D eigenvalue weighted by molar-refractivity contribution is -0.0512. The Morgan fingerprint density at radius 1 is 1.21 bits per heavy atom. The van der Waals surface area contributed by atoms with Gasteiger partial charge in [-0.1, -0.05) is 6.07 Å². The maximum Gasteiger partial charge on any atom is 0.387 e. The molecule has 2 aromatic rings. The van der Waals surface area contributed by atoms with Gasteiger partial charge in [0.2, 0.25) is 0 Å². The van der Waals surface area contributed by atoms with Crippen LogP contribution in [0.2, 0.25) is 0 Å². The van der Waals surface area contributed by atoms with Crippen molar-refractivity contribution in [2.24, 2.45) is 0 Å². The van der Waals surface area contributed by atoms with Crippen LogP contribution in [0.5, 0.6) is 11.5 Å². The average molecular weight is 404 g/mol. The van der Waals surface area contributed by atoms with Crippen molar-refractivity contribution in [1.29, 1.82) is 0 Å². The fourth-order valence-electron chi connectivity index (χ4n) is 1.97. The number of hydrogen-bond acceptors (Lipinski definition) is 3. The Morgan fingerprint density at radius 2 is 1.96 bits per heavy atom. The van der Waals surface area contributed by atoms with Crippen LogP contribution in [0.25, 0.3) is 0 Å². The molecule has 0 unspecified atom stereocenters. The summed E-state index contributed by atoms with van der Waals surface area (Å²) in [5.41, 5.74) is 0.904. The number of ether oxygens (including phenoxy) is 2. The third-order valence-electron chi connectivity index (χ3n) is 3.07. The predicted molar refractivity (Wildman–Crippen MR) is 84.9 cm³/mol. The van der Waals surface area contributed by atoms with Crippen LogP contribution in [0.1, 0.15) is 15.9 Å². The molecule has 0 aliphatic carbocycles. The summed E-state index contributed by atoms with van der Waals surface area (Å²) < 4.78 is 47.2. The zero-order valence-electron chi connectivity index (χ0n) is 12.5. The predicted octanol–water partition coefficient (Wildman–Crippen LogP) is 4.13. The highest BCUT2D eigenvalue weighted by atomic mass is 79.9. The van der Waals surface area contributed by atoms with E-state index in [4.69, 9.17) is 4.74 Å². The molecular weight excluding hydrogens is 391 g/mol. The molecule has 1 amide bonds. The molecule has 0 heterocycles. The van der Waals surface area contributed by atoms with Gasteiger partial charge in [0.15, 0.2) is 11.5 Å². The van der Waals surface area contributed by atoms with E-state index in [1.807, 2.05) is 0 Å². The topological polar surface area (TPSA) is 47.6 Å².